The lowest BCUT2D eigenvalue weighted by Gasteiger charge is -2.28. The molecule has 9 nitrogen and oxygen atoms in total. The average molecular weight is 1030 g/mol. The molecule has 10 heteroatoms. The van der Waals surface area contributed by atoms with Crippen LogP contribution in [0.2, 0.25) is 0 Å². The van der Waals surface area contributed by atoms with Crippen molar-refractivity contribution in [2.75, 3.05) is 47.5 Å². The molecule has 422 valence electrons. The number of esters is 2. The molecular weight excluding hydrogens is 906 g/mol. The SMILES string of the molecule is CCCCCC/C=C\CCCCCCCC(=O)OC(COC(=O)CCCCCCCCCCCCCCCCCCCCCCCCCCCCCCCCCCCC)COP(=O)([O-])OCC[N+](C)(C)C. The summed E-state index contributed by atoms with van der Waals surface area (Å²) in [5.41, 5.74) is 0. The Morgan fingerprint density at radius 3 is 1.06 bits per heavy atom. The van der Waals surface area contributed by atoms with E-state index in [4.69, 9.17) is 18.5 Å². The molecule has 2 unspecified atom stereocenters. The lowest BCUT2D eigenvalue weighted by atomic mass is 10.0. The molecule has 0 saturated heterocycles. The van der Waals surface area contributed by atoms with E-state index in [2.05, 4.69) is 26.0 Å². The van der Waals surface area contributed by atoms with Crippen molar-refractivity contribution in [1.29, 1.82) is 0 Å². The Kier molecular flexibility index (Phi) is 52.6. The zero-order valence-electron chi connectivity index (χ0n) is 48.0. The molecule has 0 N–H and O–H groups in total. The van der Waals surface area contributed by atoms with Gasteiger partial charge in [0.2, 0.25) is 0 Å². The molecule has 0 heterocycles. The molecule has 0 bridgehead atoms. The van der Waals surface area contributed by atoms with Crippen LogP contribution in [0.4, 0.5) is 0 Å². The molecule has 0 saturated carbocycles. The Morgan fingerprint density at radius 1 is 0.423 bits per heavy atom. The molecule has 0 aromatic rings. The fraction of sp³-hybridized carbons (Fsp3) is 0.934. The van der Waals surface area contributed by atoms with Gasteiger partial charge in [0.25, 0.3) is 7.82 Å². The quantitative estimate of drug-likeness (QED) is 0.0195. The van der Waals surface area contributed by atoms with E-state index in [-0.39, 0.29) is 32.0 Å². The van der Waals surface area contributed by atoms with Crippen molar-refractivity contribution in [3.63, 3.8) is 0 Å². The highest BCUT2D eigenvalue weighted by atomic mass is 31.2. The minimum absolute atomic E-state index is 0.0290. The van der Waals surface area contributed by atoms with Gasteiger partial charge in [-0.15, -0.1) is 0 Å². The van der Waals surface area contributed by atoms with E-state index >= 15 is 0 Å². The van der Waals surface area contributed by atoms with Crippen LogP contribution in [0.1, 0.15) is 316 Å². The smallest absolute Gasteiger partial charge is 0.306 e. The molecule has 0 aromatic heterocycles. The number of hydrogen-bond acceptors (Lipinski definition) is 8. The van der Waals surface area contributed by atoms with Gasteiger partial charge in [-0.1, -0.05) is 276 Å². The highest BCUT2D eigenvalue weighted by Crippen LogP contribution is 2.38. The van der Waals surface area contributed by atoms with Gasteiger partial charge in [0.05, 0.1) is 27.7 Å². The summed E-state index contributed by atoms with van der Waals surface area (Å²) < 4.78 is 34.1. The summed E-state index contributed by atoms with van der Waals surface area (Å²) in [6, 6.07) is 0. The van der Waals surface area contributed by atoms with Crippen LogP contribution in [0, 0.1) is 0 Å². The number of quaternary nitrogens is 1. The Hall–Kier alpha value is -1.25. The van der Waals surface area contributed by atoms with Crippen molar-refractivity contribution in [3.05, 3.63) is 12.2 Å². The van der Waals surface area contributed by atoms with Crippen LogP contribution >= 0.6 is 7.82 Å². The van der Waals surface area contributed by atoms with E-state index in [1.54, 1.807) is 0 Å². The number of phosphoric ester groups is 1. The normalized spacial score (nSPS) is 13.3. The van der Waals surface area contributed by atoms with Gasteiger partial charge >= 0.3 is 11.9 Å². The van der Waals surface area contributed by atoms with Gasteiger partial charge in [-0.05, 0) is 38.5 Å². The number of likely N-dealkylation sites (N-methyl/N-ethyl adjacent to an activating group) is 1. The molecular formula is C61H120NO8P. The van der Waals surface area contributed by atoms with E-state index in [9.17, 15) is 19.0 Å². The number of ether oxygens (including phenoxy) is 2. The maximum atomic E-state index is 12.7. The van der Waals surface area contributed by atoms with E-state index in [1.807, 2.05) is 21.1 Å². The molecule has 0 amide bonds. The van der Waals surface area contributed by atoms with Crippen molar-refractivity contribution >= 4 is 19.8 Å². The Labute approximate surface area is 441 Å². The number of carbonyl (C=O) groups excluding carboxylic acids is 2. The zero-order valence-corrected chi connectivity index (χ0v) is 48.8. The number of nitrogens with zero attached hydrogens (tertiary/aromatic N) is 1. The van der Waals surface area contributed by atoms with E-state index < -0.39 is 26.5 Å². The first kappa shape index (κ1) is 69.8. The lowest BCUT2D eigenvalue weighted by molar-refractivity contribution is -0.870. The molecule has 0 spiro atoms. The van der Waals surface area contributed by atoms with Crippen LogP contribution in [0.15, 0.2) is 12.2 Å². The summed E-state index contributed by atoms with van der Waals surface area (Å²) in [6.45, 7) is 4.26. The fourth-order valence-electron chi connectivity index (χ4n) is 9.24. The van der Waals surface area contributed by atoms with Crippen LogP contribution < -0.4 is 4.89 Å². The highest BCUT2D eigenvalue weighted by Gasteiger charge is 2.22. The Bertz CT molecular complexity index is 1210. The predicted octanol–water partition coefficient (Wildman–Crippen LogP) is 18.6. The van der Waals surface area contributed by atoms with Crippen molar-refractivity contribution in [2.24, 2.45) is 0 Å². The third-order valence-electron chi connectivity index (χ3n) is 14.0. The fourth-order valence-corrected chi connectivity index (χ4v) is 9.97. The number of carbonyl (C=O) groups is 2. The predicted molar refractivity (Wildman–Crippen MR) is 301 cm³/mol. The van der Waals surface area contributed by atoms with E-state index in [0.717, 1.165) is 51.4 Å². The number of rotatable bonds is 58. The second-order valence-corrected chi connectivity index (χ2v) is 23.8. The minimum atomic E-state index is -4.63. The molecule has 0 fully saturated rings. The standard InChI is InChI=1S/C61H120NO8P/c1-6-8-10-12-14-16-18-20-21-22-23-24-25-26-27-28-29-30-31-32-33-34-35-36-37-38-39-40-42-43-45-47-49-51-53-60(63)67-57-59(58-69-71(65,66)68-56-55-62(3,4)5)70-61(64)54-52-50-48-46-44-41-19-17-15-13-11-9-7-2/h17,19,59H,6-16,18,20-58H2,1-5H3/b19-17-. The molecule has 71 heavy (non-hydrogen) atoms. The average Bonchev–Trinajstić information content (AvgIpc) is 3.33. The molecule has 0 rings (SSSR count). The third kappa shape index (κ3) is 57.9. The van der Waals surface area contributed by atoms with Gasteiger partial charge in [0.1, 0.15) is 19.8 Å². The zero-order chi connectivity index (χ0) is 52.0. The van der Waals surface area contributed by atoms with E-state index in [1.165, 1.54) is 231 Å². The largest absolute Gasteiger partial charge is 0.756 e. The van der Waals surface area contributed by atoms with E-state index in [0.29, 0.717) is 17.4 Å². The third-order valence-corrected chi connectivity index (χ3v) is 15.0. The van der Waals surface area contributed by atoms with Crippen LogP contribution in [0.3, 0.4) is 0 Å². The van der Waals surface area contributed by atoms with Crippen LogP contribution in [-0.2, 0) is 32.7 Å². The minimum Gasteiger partial charge on any atom is -0.756 e. The number of hydrogen-bond donors (Lipinski definition) is 0. The molecule has 0 aromatic carbocycles. The summed E-state index contributed by atoms with van der Waals surface area (Å²) >= 11 is 0. The van der Waals surface area contributed by atoms with Gasteiger partial charge in [0, 0.05) is 12.8 Å². The van der Waals surface area contributed by atoms with Crippen LogP contribution in [0.25, 0.3) is 0 Å². The first-order valence-corrected chi connectivity index (χ1v) is 32.4. The summed E-state index contributed by atoms with van der Waals surface area (Å²) in [5.74, 6) is -0.827. The number of unbranched alkanes of at least 4 members (excludes halogenated alkanes) is 42. The second-order valence-electron chi connectivity index (χ2n) is 22.4. The number of allylic oxidation sites excluding steroid dienone is 2. The highest BCUT2D eigenvalue weighted by molar-refractivity contribution is 7.45. The Balaban J connectivity index is 3.89. The molecule has 0 aliphatic rings. The maximum absolute atomic E-state index is 12.7. The summed E-state index contributed by atoms with van der Waals surface area (Å²) in [7, 11) is 1.18. The van der Waals surface area contributed by atoms with Gasteiger partial charge in [-0.25, -0.2) is 0 Å². The van der Waals surface area contributed by atoms with Crippen LogP contribution in [-0.4, -0.2) is 70.0 Å². The van der Waals surface area contributed by atoms with Gasteiger partial charge in [-0.3, -0.25) is 14.2 Å². The van der Waals surface area contributed by atoms with Gasteiger partial charge in [0.15, 0.2) is 6.10 Å². The topological polar surface area (TPSA) is 111 Å². The Morgan fingerprint density at radius 2 is 0.718 bits per heavy atom. The molecule has 2 atom stereocenters. The molecule has 0 aliphatic carbocycles. The van der Waals surface area contributed by atoms with Gasteiger partial charge < -0.3 is 27.9 Å². The maximum Gasteiger partial charge on any atom is 0.306 e. The first-order chi connectivity index (χ1) is 34.5. The monoisotopic (exact) mass is 1030 g/mol. The van der Waals surface area contributed by atoms with Crippen molar-refractivity contribution in [2.45, 2.75) is 322 Å². The van der Waals surface area contributed by atoms with Crippen molar-refractivity contribution in [3.8, 4) is 0 Å². The summed E-state index contributed by atoms with van der Waals surface area (Å²) in [6.07, 6.45) is 63.0. The first-order valence-electron chi connectivity index (χ1n) is 30.9. The van der Waals surface area contributed by atoms with Gasteiger partial charge in [-0.2, -0.15) is 0 Å². The summed E-state index contributed by atoms with van der Waals surface area (Å²) in [5, 5.41) is 0. The lowest BCUT2D eigenvalue weighted by Crippen LogP contribution is -2.37. The molecule has 0 aliphatic heterocycles. The number of phosphoric acid groups is 1. The second kappa shape index (κ2) is 53.6. The van der Waals surface area contributed by atoms with Crippen LogP contribution in [0.5, 0.6) is 0 Å². The van der Waals surface area contributed by atoms with Crippen molar-refractivity contribution < 1.29 is 42.1 Å². The molecule has 0 radical (unpaired) electrons. The van der Waals surface area contributed by atoms with Crippen molar-refractivity contribution in [1.82, 2.24) is 0 Å². The summed E-state index contributed by atoms with van der Waals surface area (Å²) in [4.78, 5) is 37.8.